The normalized spacial score (nSPS) is 23.6. The zero-order valence-electron chi connectivity index (χ0n) is 11.7. The molecule has 0 radical (unpaired) electrons. The number of ether oxygens (including phenoxy) is 2. The van der Waals surface area contributed by atoms with Crippen LogP contribution in [0.15, 0.2) is 18.2 Å². The van der Waals surface area contributed by atoms with Crippen LogP contribution in [-0.4, -0.2) is 26.3 Å². The predicted octanol–water partition coefficient (Wildman–Crippen LogP) is 3.39. The number of aryl methyl sites for hydroxylation is 1. The maximum absolute atomic E-state index is 13.1. The summed E-state index contributed by atoms with van der Waals surface area (Å²) in [5.74, 6) is -0.0511. The van der Waals surface area contributed by atoms with Gasteiger partial charge in [-0.3, -0.25) is 0 Å². The lowest BCUT2D eigenvalue weighted by Crippen LogP contribution is -2.38. The monoisotopic (exact) mass is 287 g/mol. The minimum absolute atomic E-state index is 0.0511. The van der Waals surface area contributed by atoms with E-state index in [1.807, 2.05) is 0 Å². The Morgan fingerprint density at radius 2 is 1.85 bits per heavy atom. The molecule has 1 aliphatic carbocycles. The van der Waals surface area contributed by atoms with Crippen LogP contribution >= 0.6 is 0 Å². The lowest BCUT2D eigenvalue weighted by atomic mass is 9.78. The third kappa shape index (κ3) is 3.69. The average Bonchev–Trinajstić information content (AvgIpc) is 2.40. The first kappa shape index (κ1) is 15.2. The molecule has 0 heterocycles. The van der Waals surface area contributed by atoms with E-state index in [2.05, 4.69) is 0 Å². The highest BCUT2D eigenvalue weighted by atomic mass is 19.4. The van der Waals surface area contributed by atoms with E-state index < -0.39 is 12.4 Å². The Balaban J connectivity index is 2.16. The molecule has 0 saturated heterocycles. The number of benzene rings is 1. The summed E-state index contributed by atoms with van der Waals surface area (Å²) in [5, 5.41) is 0. The fraction of sp³-hybridized carbons (Fsp3) is 0.571. The van der Waals surface area contributed by atoms with Gasteiger partial charge in [-0.25, -0.2) is 0 Å². The zero-order chi connectivity index (χ0) is 14.8. The second kappa shape index (κ2) is 6.08. The first-order valence-electron chi connectivity index (χ1n) is 6.90. The van der Waals surface area contributed by atoms with Crippen molar-refractivity contribution < 1.29 is 22.4 Å². The summed E-state index contributed by atoms with van der Waals surface area (Å²) < 4.78 is 50.1. The van der Waals surface area contributed by atoms with Crippen molar-refractivity contribution in [1.29, 1.82) is 0 Å². The zero-order valence-corrected chi connectivity index (χ0v) is 11.7. The minimum atomic E-state index is -5.06. The maximum Gasteiger partial charge on any atom is 0.513 e. The number of halogens is 3. The molecule has 20 heavy (non-hydrogen) atoms. The molecule has 2 rings (SSSR count). The van der Waals surface area contributed by atoms with Crippen LogP contribution in [-0.2, 0) is 4.74 Å². The Kier molecular flexibility index (Phi) is 4.63. The van der Waals surface area contributed by atoms with Crippen molar-refractivity contribution in [3.05, 3.63) is 23.8 Å². The van der Waals surface area contributed by atoms with Gasteiger partial charge in [0.15, 0.2) is 0 Å². The summed E-state index contributed by atoms with van der Waals surface area (Å²) in [6.07, 6.45) is 3.17. The fourth-order valence-electron chi connectivity index (χ4n) is 2.63. The number of hydrogen-bond donors (Lipinski definition) is 0. The van der Waals surface area contributed by atoms with Gasteiger partial charge in [0.2, 0.25) is 0 Å². The molecule has 0 aliphatic heterocycles. The summed E-state index contributed by atoms with van der Waals surface area (Å²) in [6, 6.07) is 4.24. The molecule has 6 heteroatoms. The summed E-state index contributed by atoms with van der Waals surface area (Å²) in [7, 11) is 1.63. The molecule has 2 nitrogen and oxygen atoms in total. The number of hydrogen-bond acceptors (Lipinski definition) is 2. The van der Waals surface area contributed by atoms with Crippen molar-refractivity contribution in [2.45, 2.75) is 44.8 Å². The Morgan fingerprint density at radius 3 is 2.50 bits per heavy atom. The van der Waals surface area contributed by atoms with Gasteiger partial charge in [0.05, 0.1) is 11.9 Å². The van der Waals surface area contributed by atoms with Crippen molar-refractivity contribution in [3.63, 3.8) is 0 Å². The van der Waals surface area contributed by atoms with Crippen molar-refractivity contribution >= 4 is 12.4 Å². The molecular weight excluding hydrogens is 268 g/mol. The van der Waals surface area contributed by atoms with Crippen LogP contribution in [0.2, 0.25) is 0 Å². The van der Waals surface area contributed by atoms with Gasteiger partial charge in [0.25, 0.3) is 0 Å². The molecule has 112 valence electrons. The van der Waals surface area contributed by atoms with Gasteiger partial charge < -0.3 is 22.4 Å². The number of rotatable bonds is 4. The Morgan fingerprint density at radius 1 is 1.15 bits per heavy atom. The molecule has 2 atom stereocenters. The molecule has 0 bridgehead atoms. The molecule has 1 saturated carbocycles. The van der Waals surface area contributed by atoms with Crippen LogP contribution in [0.5, 0.6) is 5.75 Å². The molecule has 0 spiro atoms. The van der Waals surface area contributed by atoms with E-state index in [1.165, 1.54) is 6.07 Å². The second-order valence-corrected chi connectivity index (χ2v) is 5.38. The van der Waals surface area contributed by atoms with Crippen LogP contribution in [0.3, 0.4) is 0 Å². The summed E-state index contributed by atoms with van der Waals surface area (Å²) >= 11 is 0. The van der Waals surface area contributed by atoms with Gasteiger partial charge in [0.1, 0.15) is 6.10 Å². The van der Waals surface area contributed by atoms with Gasteiger partial charge in [-0.05, 0) is 32.3 Å². The average molecular weight is 287 g/mol. The van der Waals surface area contributed by atoms with Crippen molar-refractivity contribution in [3.8, 4) is 5.75 Å². The molecule has 1 fully saturated rings. The fourth-order valence-corrected chi connectivity index (χ4v) is 2.63. The second-order valence-electron chi connectivity index (χ2n) is 5.38. The smallest absolute Gasteiger partial charge is 0.493 e. The van der Waals surface area contributed by atoms with E-state index >= 15 is 0 Å². The molecule has 1 aliphatic rings. The SMILES string of the molecule is COC1CCCC(Oc2ccc(C)cc2[B-](F)(F)F)C1. The van der Waals surface area contributed by atoms with Crippen LogP contribution in [0.25, 0.3) is 0 Å². The Hall–Kier alpha value is -1.17. The van der Waals surface area contributed by atoms with E-state index in [0.717, 1.165) is 25.3 Å². The largest absolute Gasteiger partial charge is 0.513 e. The highest BCUT2D eigenvalue weighted by molar-refractivity contribution is 6.74. The van der Waals surface area contributed by atoms with Gasteiger partial charge in [-0.15, -0.1) is 0 Å². The highest BCUT2D eigenvalue weighted by Gasteiger charge is 2.31. The van der Waals surface area contributed by atoms with Crippen LogP contribution < -0.4 is 10.2 Å². The van der Waals surface area contributed by atoms with Crippen LogP contribution in [0.4, 0.5) is 12.9 Å². The number of methoxy groups -OCH3 is 1. The maximum atomic E-state index is 13.1. The van der Waals surface area contributed by atoms with E-state index in [0.29, 0.717) is 12.0 Å². The van der Waals surface area contributed by atoms with E-state index in [4.69, 9.17) is 9.47 Å². The lowest BCUT2D eigenvalue weighted by molar-refractivity contribution is 0.0212. The quantitative estimate of drug-likeness (QED) is 0.790. The van der Waals surface area contributed by atoms with E-state index in [-0.39, 0.29) is 18.0 Å². The molecular formula is C14H19BF3O2-. The third-order valence-corrected chi connectivity index (χ3v) is 3.72. The minimum Gasteiger partial charge on any atom is -0.493 e. The summed E-state index contributed by atoms with van der Waals surface area (Å²) in [6.45, 7) is -3.41. The molecule has 0 N–H and O–H groups in total. The van der Waals surface area contributed by atoms with E-state index in [1.54, 1.807) is 20.1 Å². The summed E-state index contributed by atoms with van der Waals surface area (Å²) in [4.78, 5) is 0. The highest BCUT2D eigenvalue weighted by Crippen LogP contribution is 2.26. The van der Waals surface area contributed by atoms with Crippen molar-refractivity contribution in [2.24, 2.45) is 0 Å². The third-order valence-electron chi connectivity index (χ3n) is 3.72. The standard InChI is InChI=1S/C14H19BF3O2/c1-10-6-7-14(13(8-10)15(16,17)18)20-12-5-3-4-11(9-12)19-2/h6-8,11-12H,3-5,9H2,1-2H3/q-1. The molecule has 0 aromatic heterocycles. The molecule has 0 amide bonds. The van der Waals surface area contributed by atoms with Crippen molar-refractivity contribution in [1.82, 2.24) is 0 Å². The molecule has 1 aromatic rings. The first-order chi connectivity index (χ1) is 9.40. The molecule has 2 unspecified atom stereocenters. The lowest BCUT2D eigenvalue weighted by Gasteiger charge is -2.30. The van der Waals surface area contributed by atoms with E-state index in [9.17, 15) is 12.9 Å². The summed E-state index contributed by atoms with van der Waals surface area (Å²) in [5.41, 5.74) is -0.0468. The van der Waals surface area contributed by atoms with Gasteiger partial charge in [-0.1, -0.05) is 23.2 Å². The topological polar surface area (TPSA) is 18.5 Å². The Labute approximate surface area is 117 Å². The first-order valence-corrected chi connectivity index (χ1v) is 6.90. The predicted molar refractivity (Wildman–Crippen MR) is 73.6 cm³/mol. The van der Waals surface area contributed by atoms with Gasteiger partial charge in [0, 0.05) is 13.5 Å². The molecule has 1 aromatic carbocycles. The van der Waals surface area contributed by atoms with Gasteiger partial charge >= 0.3 is 6.98 Å². The van der Waals surface area contributed by atoms with Gasteiger partial charge in [-0.2, -0.15) is 0 Å². The van der Waals surface area contributed by atoms with Crippen LogP contribution in [0.1, 0.15) is 31.2 Å². The van der Waals surface area contributed by atoms with Crippen LogP contribution in [0, 0.1) is 6.92 Å². The van der Waals surface area contributed by atoms with Crippen molar-refractivity contribution in [2.75, 3.05) is 7.11 Å². The Bertz CT molecular complexity index is 462.